The highest BCUT2D eigenvalue weighted by Gasteiger charge is 2.50. The minimum absolute atomic E-state index is 0.0670. The largest absolute Gasteiger partial charge is 0.490 e. The summed E-state index contributed by atoms with van der Waals surface area (Å²) in [5.74, 6) is -0.149. The number of carbonyl (C=O) groups excluding carboxylic acids is 2. The quantitative estimate of drug-likeness (QED) is 0.336. The maximum absolute atomic E-state index is 13.6. The Labute approximate surface area is 297 Å². The molecule has 2 aliphatic carbocycles. The first kappa shape index (κ1) is 36.2. The molecule has 6 atom stereocenters. The van der Waals surface area contributed by atoms with Crippen LogP contribution in [0.3, 0.4) is 0 Å². The van der Waals surface area contributed by atoms with Gasteiger partial charge in [-0.1, -0.05) is 44.9 Å². The van der Waals surface area contributed by atoms with Gasteiger partial charge in [0, 0.05) is 41.4 Å². The maximum atomic E-state index is 13.6. The minimum atomic E-state index is -3.98. The molecule has 2 aromatic rings. The summed E-state index contributed by atoms with van der Waals surface area (Å²) in [6, 6.07) is 11.3. The Balaban J connectivity index is 1.43. The molecule has 1 spiro atoms. The van der Waals surface area contributed by atoms with E-state index in [4.69, 9.17) is 16.3 Å². The fraction of sp³-hybridized carbons (Fsp3) is 0.641. The molecule has 2 N–H and O–H groups in total. The predicted molar refractivity (Wildman–Crippen MR) is 194 cm³/mol. The van der Waals surface area contributed by atoms with Gasteiger partial charge in [-0.3, -0.25) is 9.59 Å². The van der Waals surface area contributed by atoms with E-state index in [-0.39, 0.29) is 46.9 Å². The van der Waals surface area contributed by atoms with Crippen molar-refractivity contribution in [2.45, 2.75) is 115 Å². The van der Waals surface area contributed by atoms with Gasteiger partial charge < -0.3 is 14.7 Å². The number of anilines is 1. The first-order valence-electron chi connectivity index (χ1n) is 18.4. The van der Waals surface area contributed by atoms with Crippen molar-refractivity contribution in [1.29, 1.82) is 0 Å². The maximum Gasteiger partial charge on any atom is 0.264 e. The summed E-state index contributed by atoms with van der Waals surface area (Å²) in [4.78, 5) is 29.5. The molecule has 1 amide bonds. The van der Waals surface area contributed by atoms with E-state index < -0.39 is 26.8 Å². The second-order valence-electron chi connectivity index (χ2n) is 15.5. The molecule has 268 valence electrons. The highest BCUT2D eigenvalue weighted by atomic mass is 35.5. The third-order valence-electron chi connectivity index (χ3n) is 12.6. The number of amides is 1. The van der Waals surface area contributed by atoms with E-state index in [2.05, 4.69) is 21.8 Å². The van der Waals surface area contributed by atoms with Gasteiger partial charge >= 0.3 is 0 Å². The molecular weight excluding hydrogens is 660 g/mol. The predicted octanol–water partition coefficient (Wildman–Crippen LogP) is 7.23. The Morgan fingerprint density at radius 3 is 2.57 bits per heavy atom. The topological polar surface area (TPSA) is 113 Å². The Bertz CT molecular complexity index is 1680. The van der Waals surface area contributed by atoms with Crippen molar-refractivity contribution in [2.75, 3.05) is 24.6 Å². The van der Waals surface area contributed by atoms with Gasteiger partial charge in [0.05, 0.1) is 23.1 Å². The van der Waals surface area contributed by atoms with Crippen LogP contribution in [0.25, 0.3) is 0 Å². The van der Waals surface area contributed by atoms with Gasteiger partial charge in [0.25, 0.3) is 5.91 Å². The van der Waals surface area contributed by atoms with Gasteiger partial charge in [0.15, 0.2) is 0 Å². The van der Waals surface area contributed by atoms with E-state index in [0.29, 0.717) is 49.7 Å². The highest BCUT2D eigenvalue weighted by Crippen LogP contribution is 2.50. The summed E-state index contributed by atoms with van der Waals surface area (Å²) in [5, 5.41) is 12.4. The summed E-state index contributed by atoms with van der Waals surface area (Å²) in [7, 11) is -3.98. The number of ether oxygens (including phenoxy) is 1. The Kier molecular flexibility index (Phi) is 10.5. The van der Waals surface area contributed by atoms with Crippen LogP contribution in [0.4, 0.5) is 5.69 Å². The standard InChI is InChI=1S/C39H53ClN2O6S/c1-5-27(6-2)35(43)21-39(45)18-7-9-25(3)26(4)49(46,47)41-37(44)29-12-16-36-34(20-29)42(22-30-11-14-33(30)39)23-38(24-48-36)17-8-10-28-19-31(40)13-15-32(28)38/h12-13,15-16,19-20,25-27,30,33,45H,5-11,14,17-18,21-24H2,1-4H3,(H,41,44)/t25-,26+,30-,33+,38-,39+/m0/s1. The lowest BCUT2D eigenvalue weighted by Crippen LogP contribution is -2.54. The number of carbonyl (C=O) groups is 2. The van der Waals surface area contributed by atoms with Crippen LogP contribution in [0.15, 0.2) is 36.4 Å². The third kappa shape index (κ3) is 7.14. The molecule has 0 radical (unpaired) electrons. The number of sulfonamides is 1. The molecule has 4 aliphatic rings. The lowest BCUT2D eigenvalue weighted by Gasteiger charge is -2.50. The van der Waals surface area contributed by atoms with Crippen LogP contribution in [0.2, 0.25) is 5.02 Å². The average Bonchev–Trinajstić information content (AvgIpc) is 3.19. The van der Waals surface area contributed by atoms with Crippen molar-refractivity contribution in [2.24, 2.45) is 23.7 Å². The van der Waals surface area contributed by atoms with Crippen molar-refractivity contribution in [3.05, 3.63) is 58.1 Å². The van der Waals surface area contributed by atoms with Crippen LogP contribution >= 0.6 is 11.6 Å². The zero-order valence-electron chi connectivity index (χ0n) is 29.5. The number of aryl methyl sites for hydroxylation is 1. The van der Waals surface area contributed by atoms with E-state index in [1.165, 1.54) is 11.1 Å². The first-order chi connectivity index (χ1) is 23.3. The van der Waals surface area contributed by atoms with Crippen LogP contribution in [0.5, 0.6) is 5.75 Å². The number of benzene rings is 2. The van der Waals surface area contributed by atoms with E-state index in [1.54, 1.807) is 25.1 Å². The van der Waals surface area contributed by atoms with Crippen LogP contribution in [-0.4, -0.2) is 55.8 Å². The number of nitrogens with zero attached hydrogens (tertiary/aromatic N) is 1. The van der Waals surface area contributed by atoms with Crippen molar-refractivity contribution in [1.82, 2.24) is 4.72 Å². The summed E-state index contributed by atoms with van der Waals surface area (Å²) in [5.41, 5.74) is 1.97. The summed E-state index contributed by atoms with van der Waals surface area (Å²) >= 11 is 6.45. The highest BCUT2D eigenvalue weighted by molar-refractivity contribution is 7.90. The SMILES string of the molecule is CCC(CC)C(=O)C[C@]1(O)CCC[C@H](C)[C@@H](C)S(=O)(=O)NC(=O)c2ccc3c(c2)N(C[C@@H]2CC[C@H]21)C[C@@]1(CCCc2cc(Cl)ccc21)CO3. The number of hydrogen-bond donors (Lipinski definition) is 2. The zero-order chi connectivity index (χ0) is 35.1. The fourth-order valence-corrected chi connectivity index (χ4v) is 10.7. The third-order valence-corrected chi connectivity index (χ3v) is 14.7. The van der Waals surface area contributed by atoms with Crippen molar-refractivity contribution < 1.29 is 27.9 Å². The molecule has 1 fully saturated rings. The molecule has 0 aromatic heterocycles. The summed E-state index contributed by atoms with van der Waals surface area (Å²) in [6.07, 6.45) is 7.85. The van der Waals surface area contributed by atoms with E-state index in [1.807, 2.05) is 26.8 Å². The normalized spacial score (nSPS) is 31.5. The Hall–Kier alpha value is -2.62. The van der Waals surface area contributed by atoms with E-state index in [9.17, 15) is 23.1 Å². The average molecular weight is 713 g/mol. The molecule has 2 aromatic carbocycles. The van der Waals surface area contributed by atoms with Crippen LogP contribution in [0.1, 0.15) is 113 Å². The van der Waals surface area contributed by atoms with Gasteiger partial charge in [-0.25, -0.2) is 13.1 Å². The molecular formula is C39H53ClN2O6S. The molecule has 6 rings (SSSR count). The van der Waals surface area contributed by atoms with Gasteiger partial charge in [0.1, 0.15) is 11.5 Å². The van der Waals surface area contributed by atoms with Gasteiger partial charge in [-0.2, -0.15) is 0 Å². The molecule has 0 saturated heterocycles. The van der Waals surface area contributed by atoms with Crippen molar-refractivity contribution >= 4 is 39.0 Å². The number of ketones is 1. The van der Waals surface area contributed by atoms with Gasteiger partial charge in [-0.15, -0.1) is 0 Å². The number of Topliss-reactive ketones (excluding diaryl/α,β-unsaturated/α-hetero) is 1. The molecule has 8 nitrogen and oxygen atoms in total. The van der Waals surface area contributed by atoms with Crippen LogP contribution in [-0.2, 0) is 26.7 Å². The van der Waals surface area contributed by atoms with Crippen LogP contribution in [0, 0.1) is 23.7 Å². The van der Waals surface area contributed by atoms with Gasteiger partial charge in [-0.05, 0) is 124 Å². The summed E-state index contributed by atoms with van der Waals surface area (Å²) < 4.78 is 35.9. The molecule has 49 heavy (non-hydrogen) atoms. The smallest absolute Gasteiger partial charge is 0.264 e. The number of nitrogens with one attached hydrogen (secondary N) is 1. The van der Waals surface area contributed by atoms with E-state index in [0.717, 1.165) is 50.6 Å². The lowest BCUT2D eigenvalue weighted by molar-refractivity contribution is -0.138. The number of halogens is 1. The Morgan fingerprint density at radius 1 is 1.08 bits per heavy atom. The molecule has 2 aliphatic heterocycles. The lowest BCUT2D eigenvalue weighted by atomic mass is 9.61. The molecule has 10 heteroatoms. The molecule has 2 bridgehead atoms. The molecule has 0 unspecified atom stereocenters. The molecule has 1 saturated carbocycles. The monoisotopic (exact) mass is 712 g/mol. The van der Waals surface area contributed by atoms with Crippen LogP contribution < -0.4 is 14.4 Å². The fourth-order valence-electron chi connectivity index (χ4n) is 9.18. The second-order valence-corrected chi connectivity index (χ2v) is 18.0. The molecule has 2 heterocycles. The zero-order valence-corrected chi connectivity index (χ0v) is 31.0. The van der Waals surface area contributed by atoms with Crippen molar-refractivity contribution in [3.63, 3.8) is 0 Å². The van der Waals surface area contributed by atoms with Crippen molar-refractivity contribution in [3.8, 4) is 5.75 Å². The van der Waals surface area contributed by atoms with Gasteiger partial charge in [0.2, 0.25) is 10.0 Å². The summed E-state index contributed by atoms with van der Waals surface area (Å²) in [6.45, 7) is 9.30. The number of rotatable bonds is 5. The Morgan fingerprint density at radius 2 is 1.86 bits per heavy atom. The number of fused-ring (bicyclic) bond motifs is 4. The van der Waals surface area contributed by atoms with E-state index >= 15 is 0 Å². The second kappa shape index (κ2) is 14.2. The first-order valence-corrected chi connectivity index (χ1v) is 20.3. The number of aliphatic hydroxyl groups is 1. The number of hydrogen-bond acceptors (Lipinski definition) is 7. The minimum Gasteiger partial charge on any atom is -0.490 e.